The number of aryl methyl sites for hydroxylation is 1. The Hall–Kier alpha value is -0.610. The molecule has 94 valence electrons. The van der Waals surface area contributed by atoms with Crippen LogP contribution in [0.3, 0.4) is 0 Å². The molecule has 0 aromatic heterocycles. The molecule has 0 spiro atoms. The van der Waals surface area contributed by atoms with Crippen LogP contribution < -0.4 is 10.6 Å². The first-order chi connectivity index (χ1) is 8.16. The smallest absolute Gasteiger partial charge is 0.139 e. The molecule has 1 saturated heterocycles. The zero-order chi connectivity index (χ0) is 12.3. The molecule has 1 unspecified atom stereocenters. The van der Waals surface area contributed by atoms with Gasteiger partial charge in [-0.25, -0.2) is 4.39 Å². The Bertz CT molecular complexity index is 389. The van der Waals surface area contributed by atoms with E-state index >= 15 is 0 Å². The number of hydrogen-bond acceptors (Lipinski definition) is 2. The molecule has 1 fully saturated rings. The topological polar surface area (TPSA) is 24.1 Å². The van der Waals surface area contributed by atoms with E-state index in [1.165, 1.54) is 12.8 Å². The molecular weight excluding hydrogens is 283 g/mol. The molecule has 1 heterocycles. The van der Waals surface area contributed by atoms with E-state index in [1.807, 2.05) is 13.0 Å². The zero-order valence-electron chi connectivity index (χ0n) is 10.0. The quantitative estimate of drug-likeness (QED) is 0.895. The van der Waals surface area contributed by atoms with Gasteiger partial charge in [-0.05, 0) is 72.4 Å². The third-order valence-electron chi connectivity index (χ3n) is 3.25. The van der Waals surface area contributed by atoms with Crippen LogP contribution in [0.25, 0.3) is 0 Å². The standard InChI is InChI=1S/C13H18BrFN2/c1-9-5-11(14)12(15)6-13(9)17-8-10-3-2-4-16-7-10/h5-6,10,16-17H,2-4,7-8H2,1H3. The van der Waals surface area contributed by atoms with Gasteiger partial charge in [-0.15, -0.1) is 0 Å². The van der Waals surface area contributed by atoms with Crippen LogP contribution in [-0.4, -0.2) is 19.6 Å². The van der Waals surface area contributed by atoms with Gasteiger partial charge in [0, 0.05) is 12.2 Å². The predicted molar refractivity (Wildman–Crippen MR) is 72.9 cm³/mol. The fraction of sp³-hybridized carbons (Fsp3) is 0.538. The SMILES string of the molecule is Cc1cc(Br)c(F)cc1NCC1CCCNC1. The molecule has 0 saturated carbocycles. The lowest BCUT2D eigenvalue weighted by Gasteiger charge is -2.23. The van der Waals surface area contributed by atoms with Crippen molar-refractivity contribution in [2.75, 3.05) is 25.0 Å². The zero-order valence-corrected chi connectivity index (χ0v) is 11.6. The van der Waals surface area contributed by atoms with E-state index in [9.17, 15) is 4.39 Å². The predicted octanol–water partition coefficient (Wildman–Crippen LogP) is 3.31. The van der Waals surface area contributed by atoms with Gasteiger partial charge in [0.15, 0.2) is 0 Å². The Labute approximate surface area is 110 Å². The van der Waals surface area contributed by atoms with E-state index in [0.717, 1.165) is 30.9 Å². The highest BCUT2D eigenvalue weighted by Gasteiger charge is 2.13. The molecule has 2 N–H and O–H groups in total. The van der Waals surface area contributed by atoms with Crippen molar-refractivity contribution < 1.29 is 4.39 Å². The van der Waals surface area contributed by atoms with Crippen LogP contribution in [0.4, 0.5) is 10.1 Å². The lowest BCUT2D eigenvalue weighted by molar-refractivity contribution is 0.393. The highest BCUT2D eigenvalue weighted by atomic mass is 79.9. The molecule has 1 aromatic carbocycles. The summed E-state index contributed by atoms with van der Waals surface area (Å²) >= 11 is 3.20. The minimum Gasteiger partial charge on any atom is -0.384 e. The van der Waals surface area contributed by atoms with Gasteiger partial charge in [-0.3, -0.25) is 0 Å². The largest absolute Gasteiger partial charge is 0.384 e. The summed E-state index contributed by atoms with van der Waals surface area (Å²) in [5, 5.41) is 6.73. The molecule has 1 aliphatic rings. The second-order valence-electron chi connectivity index (χ2n) is 4.67. The minimum absolute atomic E-state index is 0.208. The van der Waals surface area contributed by atoms with Crippen LogP contribution in [0.2, 0.25) is 0 Å². The van der Waals surface area contributed by atoms with Gasteiger partial charge in [0.2, 0.25) is 0 Å². The summed E-state index contributed by atoms with van der Waals surface area (Å²) in [6, 6.07) is 3.38. The van der Waals surface area contributed by atoms with Gasteiger partial charge in [0.05, 0.1) is 4.47 Å². The highest BCUT2D eigenvalue weighted by molar-refractivity contribution is 9.10. The Balaban J connectivity index is 1.96. The molecule has 2 rings (SSSR count). The van der Waals surface area contributed by atoms with E-state index in [1.54, 1.807) is 6.07 Å². The molecule has 17 heavy (non-hydrogen) atoms. The number of hydrogen-bond donors (Lipinski definition) is 2. The lowest BCUT2D eigenvalue weighted by atomic mass is 9.99. The highest BCUT2D eigenvalue weighted by Crippen LogP contribution is 2.24. The first-order valence-corrected chi connectivity index (χ1v) is 6.86. The average molecular weight is 301 g/mol. The first-order valence-electron chi connectivity index (χ1n) is 6.07. The number of piperidine rings is 1. The maximum absolute atomic E-state index is 13.4. The number of nitrogens with one attached hydrogen (secondary N) is 2. The van der Waals surface area contributed by atoms with Crippen LogP contribution in [0.1, 0.15) is 18.4 Å². The van der Waals surface area contributed by atoms with E-state index in [2.05, 4.69) is 26.6 Å². The third kappa shape index (κ3) is 3.42. The summed E-state index contributed by atoms with van der Waals surface area (Å²) < 4.78 is 14.0. The van der Waals surface area contributed by atoms with Crippen LogP contribution >= 0.6 is 15.9 Å². The maximum atomic E-state index is 13.4. The van der Waals surface area contributed by atoms with Crippen molar-refractivity contribution in [2.45, 2.75) is 19.8 Å². The lowest BCUT2D eigenvalue weighted by Crippen LogP contribution is -2.33. The average Bonchev–Trinajstić information content (AvgIpc) is 2.33. The Morgan fingerprint density at radius 2 is 2.35 bits per heavy atom. The van der Waals surface area contributed by atoms with E-state index < -0.39 is 0 Å². The number of halogens is 2. The molecule has 1 aromatic rings. The van der Waals surface area contributed by atoms with Crippen molar-refractivity contribution in [1.82, 2.24) is 5.32 Å². The summed E-state index contributed by atoms with van der Waals surface area (Å²) in [4.78, 5) is 0. The number of benzene rings is 1. The fourth-order valence-corrected chi connectivity index (χ4v) is 2.65. The molecule has 0 radical (unpaired) electrons. The Morgan fingerprint density at radius 1 is 1.53 bits per heavy atom. The molecule has 0 aliphatic carbocycles. The summed E-state index contributed by atoms with van der Waals surface area (Å²) in [5.74, 6) is 0.440. The van der Waals surface area contributed by atoms with Crippen LogP contribution in [0.15, 0.2) is 16.6 Å². The third-order valence-corrected chi connectivity index (χ3v) is 3.86. The summed E-state index contributed by atoms with van der Waals surface area (Å²) in [6.07, 6.45) is 2.48. The normalized spacial score (nSPS) is 20.3. The van der Waals surface area contributed by atoms with Crippen LogP contribution in [0.5, 0.6) is 0 Å². The monoisotopic (exact) mass is 300 g/mol. The second-order valence-corrected chi connectivity index (χ2v) is 5.53. The van der Waals surface area contributed by atoms with Crippen molar-refractivity contribution in [3.63, 3.8) is 0 Å². The Morgan fingerprint density at radius 3 is 3.06 bits per heavy atom. The molecule has 0 bridgehead atoms. The molecule has 2 nitrogen and oxygen atoms in total. The molecular formula is C13H18BrFN2. The number of anilines is 1. The second kappa shape index (κ2) is 5.83. The molecule has 4 heteroatoms. The summed E-state index contributed by atoms with van der Waals surface area (Å²) in [7, 11) is 0. The van der Waals surface area contributed by atoms with Gasteiger partial charge in [-0.1, -0.05) is 0 Å². The first kappa shape index (κ1) is 12.8. The van der Waals surface area contributed by atoms with E-state index in [4.69, 9.17) is 0 Å². The number of rotatable bonds is 3. The Kier molecular flexibility index (Phi) is 4.40. The van der Waals surface area contributed by atoms with Crippen molar-refractivity contribution in [1.29, 1.82) is 0 Å². The molecule has 1 aliphatic heterocycles. The summed E-state index contributed by atoms with van der Waals surface area (Å²) in [6.45, 7) is 5.09. The summed E-state index contributed by atoms with van der Waals surface area (Å²) in [5.41, 5.74) is 1.97. The van der Waals surface area contributed by atoms with Gasteiger partial charge in [0.1, 0.15) is 5.82 Å². The molecule has 1 atom stereocenters. The van der Waals surface area contributed by atoms with Crippen molar-refractivity contribution in [2.24, 2.45) is 5.92 Å². The van der Waals surface area contributed by atoms with Crippen molar-refractivity contribution >= 4 is 21.6 Å². The van der Waals surface area contributed by atoms with E-state index in [0.29, 0.717) is 10.4 Å². The van der Waals surface area contributed by atoms with Crippen LogP contribution in [0, 0.1) is 18.7 Å². The van der Waals surface area contributed by atoms with Gasteiger partial charge >= 0.3 is 0 Å². The van der Waals surface area contributed by atoms with Gasteiger partial charge in [-0.2, -0.15) is 0 Å². The maximum Gasteiger partial charge on any atom is 0.139 e. The molecule has 0 amide bonds. The minimum atomic E-state index is -0.208. The van der Waals surface area contributed by atoms with Crippen molar-refractivity contribution in [3.05, 3.63) is 28.0 Å². The fourth-order valence-electron chi connectivity index (χ4n) is 2.19. The van der Waals surface area contributed by atoms with E-state index in [-0.39, 0.29) is 5.82 Å². The van der Waals surface area contributed by atoms with Gasteiger partial charge in [0.25, 0.3) is 0 Å². The van der Waals surface area contributed by atoms with Gasteiger partial charge < -0.3 is 10.6 Å². The van der Waals surface area contributed by atoms with Crippen molar-refractivity contribution in [3.8, 4) is 0 Å². The van der Waals surface area contributed by atoms with Crippen LogP contribution in [-0.2, 0) is 0 Å².